The molecule has 0 heterocycles. The molecule has 2 nitrogen and oxygen atoms in total. The zero-order valence-electron chi connectivity index (χ0n) is 26.7. The summed E-state index contributed by atoms with van der Waals surface area (Å²) < 4.78 is 6.50. The van der Waals surface area contributed by atoms with Crippen LogP contribution < -0.4 is 0 Å². The quantitative estimate of drug-likeness (QED) is 0.234. The standard InChI is InChI=1S/C38H60O2/c1-24(2)7-6-8-25(3)32-11-12-33-31-10-9-29-20-30(13-15-36(29,4)34(31)14-16-37(32,33)5)40-35(39)38-21-26-17-27(22-38)19-28(18-26)23-38/h9,24-28,30-34H,6-8,10-23H2,1-5H3/t25-,26?,27?,28?,30-,31+,32-,33+,34+,36-,37+,38?/m0/s1. The lowest BCUT2D eigenvalue weighted by Gasteiger charge is -2.58. The highest BCUT2D eigenvalue weighted by Gasteiger charge is 2.60. The third-order valence-electron chi connectivity index (χ3n) is 15.0. The number of hydrogen-bond acceptors (Lipinski definition) is 2. The van der Waals surface area contributed by atoms with Gasteiger partial charge in [0.15, 0.2) is 0 Å². The number of hydrogen-bond donors (Lipinski definition) is 0. The topological polar surface area (TPSA) is 26.3 Å². The Kier molecular flexibility index (Phi) is 7.10. The van der Waals surface area contributed by atoms with E-state index in [0.29, 0.717) is 10.8 Å². The Labute approximate surface area is 246 Å². The van der Waals surface area contributed by atoms with Gasteiger partial charge in [-0.25, -0.2) is 0 Å². The van der Waals surface area contributed by atoms with Crippen molar-refractivity contribution < 1.29 is 9.53 Å². The first-order valence-electron chi connectivity index (χ1n) is 18.0. The molecule has 7 saturated carbocycles. The van der Waals surface area contributed by atoms with Gasteiger partial charge in [0.25, 0.3) is 0 Å². The molecule has 8 aliphatic rings. The highest BCUT2D eigenvalue weighted by atomic mass is 16.5. The van der Waals surface area contributed by atoms with E-state index in [2.05, 4.69) is 40.7 Å². The largest absolute Gasteiger partial charge is 0.462 e. The molecular formula is C38H60O2. The summed E-state index contributed by atoms with van der Waals surface area (Å²) in [6.07, 6.45) is 25.1. The number of ether oxygens (including phenoxy) is 1. The number of fused-ring (bicyclic) bond motifs is 5. The van der Waals surface area contributed by atoms with Crippen molar-refractivity contribution in [2.24, 2.45) is 69.5 Å². The summed E-state index contributed by atoms with van der Waals surface area (Å²) in [7, 11) is 0. The lowest BCUT2D eigenvalue weighted by Crippen LogP contribution is -2.52. The van der Waals surface area contributed by atoms with E-state index in [0.717, 1.165) is 85.4 Å². The first-order chi connectivity index (χ1) is 19.1. The van der Waals surface area contributed by atoms with Gasteiger partial charge in [0.1, 0.15) is 6.10 Å². The minimum atomic E-state index is -0.111. The van der Waals surface area contributed by atoms with Gasteiger partial charge in [0.2, 0.25) is 0 Å². The van der Waals surface area contributed by atoms with Crippen LogP contribution in [-0.2, 0) is 9.53 Å². The molecule has 8 rings (SSSR count). The Bertz CT molecular complexity index is 972. The average Bonchev–Trinajstić information content (AvgIpc) is 3.25. The summed E-state index contributed by atoms with van der Waals surface area (Å²) in [5, 5.41) is 0. The molecule has 0 aromatic rings. The average molecular weight is 549 g/mol. The van der Waals surface area contributed by atoms with Gasteiger partial charge in [-0.05, 0) is 148 Å². The lowest BCUT2D eigenvalue weighted by molar-refractivity contribution is -0.179. The molecule has 224 valence electrons. The molecule has 40 heavy (non-hydrogen) atoms. The van der Waals surface area contributed by atoms with Gasteiger partial charge in [-0.15, -0.1) is 0 Å². The van der Waals surface area contributed by atoms with E-state index < -0.39 is 0 Å². The molecule has 0 aromatic carbocycles. The fraction of sp³-hybridized carbons (Fsp3) is 0.921. The smallest absolute Gasteiger partial charge is 0.312 e. The Morgan fingerprint density at radius 3 is 2.27 bits per heavy atom. The van der Waals surface area contributed by atoms with E-state index in [9.17, 15) is 4.79 Å². The highest BCUT2D eigenvalue weighted by Crippen LogP contribution is 2.68. The van der Waals surface area contributed by atoms with E-state index >= 15 is 0 Å². The van der Waals surface area contributed by atoms with E-state index in [1.165, 1.54) is 77.0 Å². The van der Waals surface area contributed by atoms with Crippen molar-refractivity contribution in [1.82, 2.24) is 0 Å². The number of esters is 1. The van der Waals surface area contributed by atoms with Gasteiger partial charge in [-0.2, -0.15) is 0 Å². The molecule has 4 bridgehead atoms. The van der Waals surface area contributed by atoms with Crippen LogP contribution in [0.25, 0.3) is 0 Å². The molecule has 7 fully saturated rings. The molecule has 2 heteroatoms. The molecule has 0 aliphatic heterocycles. The van der Waals surface area contributed by atoms with Gasteiger partial charge in [0.05, 0.1) is 5.41 Å². The van der Waals surface area contributed by atoms with Crippen LogP contribution in [0.4, 0.5) is 0 Å². The molecule has 0 amide bonds. The van der Waals surface area contributed by atoms with E-state index in [-0.39, 0.29) is 17.5 Å². The van der Waals surface area contributed by atoms with Crippen LogP contribution in [0.15, 0.2) is 11.6 Å². The summed E-state index contributed by atoms with van der Waals surface area (Å²) in [5.41, 5.74) is 2.46. The molecule has 0 N–H and O–H groups in total. The second-order valence-corrected chi connectivity index (χ2v) is 17.8. The normalized spacial score (nSPS) is 49.7. The molecular weight excluding hydrogens is 488 g/mol. The van der Waals surface area contributed by atoms with Crippen molar-refractivity contribution in [2.75, 3.05) is 0 Å². The van der Waals surface area contributed by atoms with Crippen molar-refractivity contribution in [3.05, 3.63) is 11.6 Å². The van der Waals surface area contributed by atoms with E-state index in [1.807, 2.05) is 0 Å². The molecule has 8 aliphatic carbocycles. The Morgan fingerprint density at radius 2 is 1.60 bits per heavy atom. The molecule has 0 saturated heterocycles. The molecule has 0 spiro atoms. The Hall–Kier alpha value is -0.790. The molecule has 8 atom stereocenters. The Morgan fingerprint density at radius 1 is 0.900 bits per heavy atom. The summed E-state index contributed by atoms with van der Waals surface area (Å²) >= 11 is 0. The van der Waals surface area contributed by atoms with Crippen LogP contribution in [0.2, 0.25) is 0 Å². The van der Waals surface area contributed by atoms with Crippen molar-refractivity contribution in [3.8, 4) is 0 Å². The van der Waals surface area contributed by atoms with Crippen molar-refractivity contribution >= 4 is 5.97 Å². The zero-order valence-corrected chi connectivity index (χ0v) is 26.7. The summed E-state index contributed by atoms with van der Waals surface area (Å²) in [5.74, 6) is 7.94. The summed E-state index contributed by atoms with van der Waals surface area (Å²) in [6, 6.07) is 0. The van der Waals surface area contributed by atoms with Gasteiger partial charge in [-0.3, -0.25) is 4.79 Å². The van der Waals surface area contributed by atoms with Crippen LogP contribution >= 0.6 is 0 Å². The predicted octanol–water partition coefficient (Wildman–Crippen LogP) is 10.2. The van der Waals surface area contributed by atoms with Crippen molar-refractivity contribution in [2.45, 2.75) is 150 Å². The maximum Gasteiger partial charge on any atom is 0.312 e. The number of rotatable bonds is 7. The van der Waals surface area contributed by atoms with Crippen LogP contribution in [-0.4, -0.2) is 12.1 Å². The first-order valence-corrected chi connectivity index (χ1v) is 18.0. The van der Waals surface area contributed by atoms with Gasteiger partial charge >= 0.3 is 5.97 Å². The second kappa shape index (κ2) is 10.1. The van der Waals surface area contributed by atoms with Gasteiger partial charge in [0, 0.05) is 6.42 Å². The molecule has 0 radical (unpaired) electrons. The van der Waals surface area contributed by atoms with Crippen molar-refractivity contribution in [1.29, 1.82) is 0 Å². The zero-order chi connectivity index (χ0) is 27.9. The number of carbonyl (C=O) groups is 1. The molecule has 0 unspecified atom stereocenters. The molecule has 0 aromatic heterocycles. The van der Waals surface area contributed by atoms with Crippen LogP contribution in [0, 0.1) is 69.5 Å². The lowest BCUT2D eigenvalue weighted by atomic mass is 9.47. The monoisotopic (exact) mass is 548 g/mol. The van der Waals surface area contributed by atoms with E-state index in [1.54, 1.807) is 5.57 Å². The highest BCUT2D eigenvalue weighted by molar-refractivity contribution is 5.77. The minimum absolute atomic E-state index is 0.111. The summed E-state index contributed by atoms with van der Waals surface area (Å²) in [6.45, 7) is 12.7. The van der Waals surface area contributed by atoms with Gasteiger partial charge < -0.3 is 4.74 Å². The maximum atomic E-state index is 13.7. The minimum Gasteiger partial charge on any atom is -0.462 e. The predicted molar refractivity (Wildman–Crippen MR) is 164 cm³/mol. The van der Waals surface area contributed by atoms with Gasteiger partial charge in [-0.1, -0.05) is 65.5 Å². The first kappa shape index (κ1) is 28.0. The van der Waals surface area contributed by atoms with Crippen molar-refractivity contribution in [3.63, 3.8) is 0 Å². The van der Waals surface area contributed by atoms with Crippen LogP contribution in [0.5, 0.6) is 0 Å². The fourth-order valence-corrected chi connectivity index (χ4v) is 13.4. The number of allylic oxidation sites excluding steroid dienone is 1. The third kappa shape index (κ3) is 4.49. The van der Waals surface area contributed by atoms with Crippen LogP contribution in [0.1, 0.15) is 144 Å². The fourth-order valence-electron chi connectivity index (χ4n) is 13.4. The SMILES string of the molecule is CC(C)CCC[C@H](C)[C@@H]1CC[C@@H]2[C@H]3CC=C4C[C@@H](OC(=O)C56CC7CC(CC(C7)C5)C6)CC[C@]4(C)[C@@H]3CC[C@@]21C. The third-order valence-corrected chi connectivity index (χ3v) is 15.0. The Balaban J connectivity index is 1.01. The summed E-state index contributed by atoms with van der Waals surface area (Å²) in [4.78, 5) is 13.7. The second-order valence-electron chi connectivity index (χ2n) is 17.8. The van der Waals surface area contributed by atoms with Crippen LogP contribution in [0.3, 0.4) is 0 Å². The number of carbonyl (C=O) groups excluding carboxylic acids is 1. The maximum absolute atomic E-state index is 13.7. The van der Waals surface area contributed by atoms with E-state index in [4.69, 9.17) is 4.74 Å².